The van der Waals surface area contributed by atoms with Crippen molar-refractivity contribution in [3.8, 4) is 0 Å². The van der Waals surface area contributed by atoms with Crippen molar-refractivity contribution >= 4 is 29.1 Å². The molecule has 1 fully saturated rings. The molecular weight excluding hydrogens is 316 g/mol. The van der Waals surface area contributed by atoms with Gasteiger partial charge in [-0.2, -0.15) is 5.10 Å². The van der Waals surface area contributed by atoms with Crippen LogP contribution >= 0.6 is 11.6 Å². The summed E-state index contributed by atoms with van der Waals surface area (Å²) in [6.07, 6.45) is 2.09. The second-order valence-corrected chi connectivity index (χ2v) is 6.01. The van der Waals surface area contributed by atoms with Gasteiger partial charge in [0.05, 0.1) is 11.3 Å². The van der Waals surface area contributed by atoms with Crippen LogP contribution in [-0.4, -0.2) is 27.6 Å². The molecule has 0 spiro atoms. The van der Waals surface area contributed by atoms with Crippen LogP contribution in [0.15, 0.2) is 24.3 Å². The molecule has 1 saturated carbocycles. The van der Waals surface area contributed by atoms with Gasteiger partial charge in [0.1, 0.15) is 5.15 Å². The van der Waals surface area contributed by atoms with Crippen molar-refractivity contribution in [2.75, 3.05) is 5.32 Å². The van der Waals surface area contributed by atoms with E-state index in [1.807, 2.05) is 0 Å². The van der Waals surface area contributed by atoms with Crippen LogP contribution in [0.1, 0.15) is 39.3 Å². The molecule has 0 atom stereocenters. The number of halogens is 1. The second kappa shape index (κ2) is 6.04. The fourth-order valence-corrected chi connectivity index (χ4v) is 2.54. The molecule has 1 heterocycles. The summed E-state index contributed by atoms with van der Waals surface area (Å²) < 4.78 is 1.46. The van der Waals surface area contributed by atoms with E-state index in [1.165, 1.54) is 4.68 Å². The van der Waals surface area contributed by atoms with Gasteiger partial charge in [0.2, 0.25) is 0 Å². The Morgan fingerprint density at radius 3 is 2.39 bits per heavy atom. The van der Waals surface area contributed by atoms with Crippen molar-refractivity contribution in [3.05, 3.63) is 46.2 Å². The molecule has 3 rings (SSSR count). The fourth-order valence-electron chi connectivity index (χ4n) is 2.28. The SMILES string of the molecule is Cc1nn(C)c(Cl)c1C(=O)Nc1ccc(C(=O)NC2CC2)cc1. The highest BCUT2D eigenvalue weighted by Crippen LogP contribution is 2.21. The minimum atomic E-state index is -0.323. The van der Waals surface area contributed by atoms with E-state index >= 15 is 0 Å². The lowest BCUT2D eigenvalue weighted by Gasteiger charge is -2.07. The molecular formula is C16H17ClN4O2. The normalized spacial score (nSPS) is 13.7. The lowest BCUT2D eigenvalue weighted by atomic mass is 10.2. The third kappa shape index (κ3) is 3.37. The first-order chi connectivity index (χ1) is 11.0. The highest BCUT2D eigenvalue weighted by molar-refractivity contribution is 6.33. The average Bonchev–Trinajstić information content (AvgIpc) is 3.27. The summed E-state index contributed by atoms with van der Waals surface area (Å²) in [4.78, 5) is 24.2. The number of hydrogen-bond donors (Lipinski definition) is 2. The predicted molar refractivity (Wildman–Crippen MR) is 87.8 cm³/mol. The molecule has 1 aliphatic carbocycles. The van der Waals surface area contributed by atoms with Crippen LogP contribution in [0.5, 0.6) is 0 Å². The first kappa shape index (κ1) is 15.6. The number of rotatable bonds is 4. The Labute approximate surface area is 138 Å². The van der Waals surface area contributed by atoms with Crippen LogP contribution < -0.4 is 10.6 Å². The molecule has 0 aliphatic heterocycles. The van der Waals surface area contributed by atoms with Crippen molar-refractivity contribution in [2.45, 2.75) is 25.8 Å². The molecule has 6 nitrogen and oxygen atoms in total. The zero-order valence-corrected chi connectivity index (χ0v) is 13.6. The summed E-state index contributed by atoms with van der Waals surface area (Å²) in [5.41, 5.74) is 2.09. The number of carbonyl (C=O) groups excluding carboxylic acids is 2. The van der Waals surface area contributed by atoms with E-state index < -0.39 is 0 Å². The molecule has 0 bridgehead atoms. The molecule has 2 amide bonds. The highest BCUT2D eigenvalue weighted by atomic mass is 35.5. The van der Waals surface area contributed by atoms with E-state index in [1.54, 1.807) is 38.2 Å². The van der Waals surface area contributed by atoms with Gasteiger partial charge >= 0.3 is 0 Å². The summed E-state index contributed by atoms with van der Waals surface area (Å²) in [6, 6.07) is 7.08. The third-order valence-electron chi connectivity index (χ3n) is 3.70. The van der Waals surface area contributed by atoms with Crippen LogP contribution in [0.3, 0.4) is 0 Å². The van der Waals surface area contributed by atoms with Gasteiger partial charge < -0.3 is 10.6 Å². The zero-order valence-electron chi connectivity index (χ0n) is 12.9. The van der Waals surface area contributed by atoms with Crippen LogP contribution in [0, 0.1) is 6.92 Å². The summed E-state index contributed by atoms with van der Waals surface area (Å²) in [5, 5.41) is 10.1. The van der Waals surface area contributed by atoms with E-state index in [2.05, 4.69) is 15.7 Å². The van der Waals surface area contributed by atoms with Crippen LogP contribution in [0.4, 0.5) is 5.69 Å². The van der Waals surface area contributed by atoms with E-state index in [-0.39, 0.29) is 11.8 Å². The van der Waals surface area contributed by atoms with Crippen LogP contribution in [0.2, 0.25) is 5.15 Å². The predicted octanol–water partition coefficient (Wildman–Crippen LogP) is 2.53. The topological polar surface area (TPSA) is 76.0 Å². The highest BCUT2D eigenvalue weighted by Gasteiger charge is 2.24. The number of carbonyl (C=O) groups is 2. The van der Waals surface area contributed by atoms with Gasteiger partial charge in [-0.05, 0) is 44.0 Å². The third-order valence-corrected chi connectivity index (χ3v) is 4.13. The van der Waals surface area contributed by atoms with Crippen molar-refractivity contribution < 1.29 is 9.59 Å². The quantitative estimate of drug-likeness (QED) is 0.903. The largest absolute Gasteiger partial charge is 0.349 e. The summed E-state index contributed by atoms with van der Waals surface area (Å²) in [6.45, 7) is 1.73. The van der Waals surface area contributed by atoms with Gasteiger partial charge in [-0.25, -0.2) is 0 Å². The second-order valence-electron chi connectivity index (χ2n) is 5.65. The van der Waals surface area contributed by atoms with Crippen molar-refractivity contribution in [3.63, 3.8) is 0 Å². The van der Waals surface area contributed by atoms with E-state index in [0.29, 0.717) is 33.7 Å². The summed E-state index contributed by atoms with van der Waals surface area (Å²) in [7, 11) is 1.68. The molecule has 7 heteroatoms. The number of nitrogens with zero attached hydrogens (tertiary/aromatic N) is 2. The molecule has 0 saturated heterocycles. The Bertz CT molecular complexity index is 763. The molecule has 1 aliphatic rings. The molecule has 1 aromatic heterocycles. The Hall–Kier alpha value is -2.34. The standard InChI is InChI=1S/C16H17ClN4O2/c1-9-13(14(17)21(2)20-9)16(23)19-11-5-3-10(4-6-11)15(22)18-12-7-8-12/h3-6,12H,7-8H2,1-2H3,(H,18,22)(H,19,23). The van der Waals surface area contributed by atoms with Crippen molar-refractivity contribution in [1.82, 2.24) is 15.1 Å². The number of anilines is 1. The maximum atomic E-state index is 12.3. The minimum absolute atomic E-state index is 0.0866. The maximum Gasteiger partial charge on any atom is 0.260 e. The first-order valence-corrected chi connectivity index (χ1v) is 7.75. The number of nitrogens with one attached hydrogen (secondary N) is 2. The van der Waals surface area contributed by atoms with Crippen LogP contribution in [-0.2, 0) is 7.05 Å². The molecule has 23 heavy (non-hydrogen) atoms. The Morgan fingerprint density at radius 1 is 1.22 bits per heavy atom. The van der Waals surface area contributed by atoms with Gasteiger partial charge in [-0.3, -0.25) is 14.3 Å². The van der Waals surface area contributed by atoms with E-state index in [9.17, 15) is 9.59 Å². The van der Waals surface area contributed by atoms with E-state index in [0.717, 1.165) is 12.8 Å². The number of benzene rings is 1. The molecule has 1 aromatic carbocycles. The van der Waals surface area contributed by atoms with Gasteiger partial charge in [0, 0.05) is 24.3 Å². The smallest absolute Gasteiger partial charge is 0.260 e. The minimum Gasteiger partial charge on any atom is -0.349 e. The molecule has 0 radical (unpaired) electrons. The van der Waals surface area contributed by atoms with Crippen molar-refractivity contribution in [1.29, 1.82) is 0 Å². The van der Waals surface area contributed by atoms with Crippen molar-refractivity contribution in [2.24, 2.45) is 7.05 Å². The number of hydrogen-bond acceptors (Lipinski definition) is 3. The Balaban J connectivity index is 1.70. The van der Waals surface area contributed by atoms with Gasteiger partial charge in [-0.15, -0.1) is 0 Å². The lowest BCUT2D eigenvalue weighted by Crippen LogP contribution is -2.25. The number of aryl methyl sites for hydroxylation is 2. The Morgan fingerprint density at radius 2 is 1.87 bits per heavy atom. The average molecular weight is 333 g/mol. The van der Waals surface area contributed by atoms with E-state index in [4.69, 9.17) is 11.6 Å². The number of amides is 2. The number of aromatic nitrogens is 2. The van der Waals surface area contributed by atoms with Crippen LogP contribution in [0.25, 0.3) is 0 Å². The zero-order chi connectivity index (χ0) is 16.6. The lowest BCUT2D eigenvalue weighted by molar-refractivity contribution is 0.0950. The summed E-state index contributed by atoms with van der Waals surface area (Å²) >= 11 is 6.08. The van der Waals surface area contributed by atoms with Gasteiger partial charge in [-0.1, -0.05) is 11.6 Å². The first-order valence-electron chi connectivity index (χ1n) is 7.37. The molecule has 2 N–H and O–H groups in total. The Kier molecular flexibility index (Phi) is 4.09. The monoisotopic (exact) mass is 332 g/mol. The van der Waals surface area contributed by atoms with Gasteiger partial charge in [0.25, 0.3) is 11.8 Å². The van der Waals surface area contributed by atoms with Gasteiger partial charge in [0.15, 0.2) is 0 Å². The maximum absolute atomic E-state index is 12.3. The molecule has 2 aromatic rings. The molecule has 0 unspecified atom stereocenters. The fraction of sp³-hybridized carbons (Fsp3) is 0.312. The molecule has 120 valence electrons. The summed E-state index contributed by atoms with van der Waals surface area (Å²) in [5.74, 6) is -0.410.